The third-order valence-corrected chi connectivity index (χ3v) is 2.78. The van der Waals surface area contributed by atoms with Gasteiger partial charge < -0.3 is 0 Å². The molecule has 0 aliphatic heterocycles. The molecule has 0 spiro atoms. The van der Waals surface area contributed by atoms with Crippen molar-refractivity contribution in [3.05, 3.63) is 12.2 Å². The van der Waals surface area contributed by atoms with Crippen molar-refractivity contribution in [2.75, 3.05) is 5.75 Å². The molecular formula is C7H13NO2S. The Morgan fingerprint density at radius 2 is 2.18 bits per heavy atom. The van der Waals surface area contributed by atoms with Crippen LogP contribution in [0.1, 0.15) is 19.3 Å². The molecule has 0 radical (unpaired) electrons. The van der Waals surface area contributed by atoms with Crippen molar-refractivity contribution < 1.29 is 8.42 Å². The van der Waals surface area contributed by atoms with Crippen LogP contribution in [0.4, 0.5) is 0 Å². The van der Waals surface area contributed by atoms with Crippen LogP contribution in [-0.4, -0.2) is 14.2 Å². The normalized spacial score (nSPS) is 25.4. The van der Waals surface area contributed by atoms with Gasteiger partial charge in [-0.25, -0.2) is 13.6 Å². The second kappa shape index (κ2) is 3.36. The summed E-state index contributed by atoms with van der Waals surface area (Å²) < 4.78 is 21.3. The fourth-order valence-electron chi connectivity index (χ4n) is 1.34. The van der Waals surface area contributed by atoms with E-state index in [0.717, 1.165) is 19.3 Å². The summed E-state index contributed by atoms with van der Waals surface area (Å²) >= 11 is 0. The van der Waals surface area contributed by atoms with Gasteiger partial charge in [0.25, 0.3) is 0 Å². The summed E-state index contributed by atoms with van der Waals surface area (Å²) in [7, 11) is -3.26. The van der Waals surface area contributed by atoms with E-state index in [2.05, 4.69) is 6.08 Å². The lowest BCUT2D eigenvalue weighted by Crippen LogP contribution is -2.23. The summed E-state index contributed by atoms with van der Waals surface area (Å²) in [5.74, 6) is 0.382. The van der Waals surface area contributed by atoms with E-state index < -0.39 is 10.0 Å². The molecule has 0 bridgehead atoms. The molecule has 0 fully saturated rings. The predicted molar refractivity (Wildman–Crippen MR) is 44.5 cm³/mol. The molecule has 2 N–H and O–H groups in total. The zero-order valence-electron chi connectivity index (χ0n) is 6.36. The number of primary sulfonamides is 1. The Morgan fingerprint density at radius 1 is 1.45 bits per heavy atom. The molecule has 0 aromatic heterocycles. The molecule has 1 unspecified atom stereocenters. The maximum Gasteiger partial charge on any atom is 0.209 e. The van der Waals surface area contributed by atoms with Crippen LogP contribution < -0.4 is 5.14 Å². The molecule has 0 heterocycles. The zero-order chi connectivity index (χ0) is 8.32. The van der Waals surface area contributed by atoms with Crippen molar-refractivity contribution in [2.24, 2.45) is 11.1 Å². The molecule has 4 heteroatoms. The lowest BCUT2D eigenvalue weighted by atomic mass is 9.97. The fourth-order valence-corrected chi connectivity index (χ4v) is 2.30. The van der Waals surface area contributed by atoms with Gasteiger partial charge in [0.05, 0.1) is 5.75 Å². The Bertz CT molecular complexity index is 243. The summed E-state index contributed by atoms with van der Waals surface area (Å²) in [6.45, 7) is 0. The minimum Gasteiger partial charge on any atom is -0.229 e. The molecule has 1 atom stereocenters. The lowest BCUT2D eigenvalue weighted by molar-refractivity contribution is 0.512. The molecule has 3 nitrogen and oxygen atoms in total. The smallest absolute Gasteiger partial charge is 0.209 e. The van der Waals surface area contributed by atoms with Gasteiger partial charge in [-0.1, -0.05) is 12.2 Å². The second-order valence-corrected chi connectivity index (χ2v) is 4.64. The van der Waals surface area contributed by atoms with Crippen LogP contribution in [-0.2, 0) is 10.0 Å². The van der Waals surface area contributed by atoms with Gasteiger partial charge in [-0.3, -0.25) is 0 Å². The number of allylic oxidation sites excluding steroid dienone is 2. The fraction of sp³-hybridized carbons (Fsp3) is 0.714. The van der Waals surface area contributed by atoms with Crippen LogP contribution in [0.25, 0.3) is 0 Å². The summed E-state index contributed by atoms with van der Waals surface area (Å²) in [5, 5.41) is 4.91. The number of nitrogens with two attached hydrogens (primary N) is 1. The van der Waals surface area contributed by atoms with Crippen LogP contribution in [0.2, 0.25) is 0 Å². The van der Waals surface area contributed by atoms with Crippen molar-refractivity contribution >= 4 is 10.0 Å². The predicted octanol–water partition coefficient (Wildman–Crippen LogP) is 0.631. The standard InChI is InChI=1S/C7H13NO2S/c8-11(9,10)6-7-4-2-1-3-5-7/h1-2,7H,3-6H2,(H2,8,9,10). The van der Waals surface area contributed by atoms with Crippen molar-refractivity contribution in [3.8, 4) is 0 Å². The average molecular weight is 175 g/mol. The van der Waals surface area contributed by atoms with Crippen LogP contribution in [0.5, 0.6) is 0 Å². The summed E-state index contributed by atoms with van der Waals surface area (Å²) in [4.78, 5) is 0. The average Bonchev–Trinajstić information content (AvgIpc) is 1.85. The first-order valence-corrected chi connectivity index (χ1v) is 5.45. The highest BCUT2D eigenvalue weighted by Crippen LogP contribution is 2.18. The largest absolute Gasteiger partial charge is 0.229 e. The Hall–Kier alpha value is -0.350. The number of rotatable bonds is 2. The maximum atomic E-state index is 10.7. The van der Waals surface area contributed by atoms with Crippen LogP contribution in [0.15, 0.2) is 12.2 Å². The molecule has 11 heavy (non-hydrogen) atoms. The Kier molecular flexibility index (Phi) is 2.67. The highest BCUT2D eigenvalue weighted by Gasteiger charge is 2.15. The van der Waals surface area contributed by atoms with Gasteiger partial charge in [-0.2, -0.15) is 0 Å². The minimum atomic E-state index is -3.26. The van der Waals surface area contributed by atoms with E-state index in [1.807, 2.05) is 6.08 Å². The second-order valence-electron chi connectivity index (χ2n) is 2.98. The van der Waals surface area contributed by atoms with Gasteiger partial charge in [0.15, 0.2) is 0 Å². The third-order valence-electron chi connectivity index (χ3n) is 1.85. The first-order chi connectivity index (χ1) is 5.08. The van der Waals surface area contributed by atoms with Crippen molar-refractivity contribution in [3.63, 3.8) is 0 Å². The molecule has 0 saturated heterocycles. The monoisotopic (exact) mass is 175 g/mol. The quantitative estimate of drug-likeness (QED) is 0.626. The van der Waals surface area contributed by atoms with Crippen LogP contribution in [0, 0.1) is 5.92 Å². The lowest BCUT2D eigenvalue weighted by Gasteiger charge is -2.15. The highest BCUT2D eigenvalue weighted by molar-refractivity contribution is 7.89. The minimum absolute atomic E-state index is 0.136. The molecule has 0 saturated carbocycles. The Morgan fingerprint density at radius 3 is 2.64 bits per heavy atom. The molecule has 1 aliphatic rings. The van der Waals surface area contributed by atoms with Gasteiger partial charge in [-0.15, -0.1) is 0 Å². The Labute approximate surface area is 67.3 Å². The number of hydrogen-bond acceptors (Lipinski definition) is 2. The van der Waals surface area contributed by atoms with Gasteiger partial charge in [0.1, 0.15) is 0 Å². The zero-order valence-corrected chi connectivity index (χ0v) is 7.18. The Balaban J connectivity index is 2.44. The molecule has 0 aromatic carbocycles. The van der Waals surface area contributed by atoms with E-state index in [4.69, 9.17) is 5.14 Å². The van der Waals surface area contributed by atoms with Crippen molar-refractivity contribution in [1.82, 2.24) is 0 Å². The number of sulfonamides is 1. The first kappa shape index (κ1) is 8.74. The summed E-state index contributed by atoms with van der Waals surface area (Å²) in [5.41, 5.74) is 0. The van der Waals surface area contributed by atoms with Crippen molar-refractivity contribution in [1.29, 1.82) is 0 Å². The van der Waals surface area contributed by atoms with Gasteiger partial charge in [0, 0.05) is 0 Å². The van der Waals surface area contributed by atoms with E-state index >= 15 is 0 Å². The van der Waals surface area contributed by atoms with Gasteiger partial charge >= 0.3 is 0 Å². The molecule has 64 valence electrons. The molecule has 0 amide bonds. The van der Waals surface area contributed by atoms with Crippen LogP contribution in [0.3, 0.4) is 0 Å². The van der Waals surface area contributed by atoms with Gasteiger partial charge in [-0.05, 0) is 25.2 Å². The molecular weight excluding hydrogens is 162 g/mol. The van der Waals surface area contributed by atoms with E-state index in [0.29, 0.717) is 0 Å². The van der Waals surface area contributed by atoms with E-state index in [9.17, 15) is 8.42 Å². The van der Waals surface area contributed by atoms with Gasteiger partial charge in [0.2, 0.25) is 10.0 Å². The molecule has 0 aromatic rings. The van der Waals surface area contributed by atoms with E-state index in [1.54, 1.807) is 0 Å². The summed E-state index contributed by atoms with van der Waals surface area (Å²) in [6, 6.07) is 0. The first-order valence-electron chi connectivity index (χ1n) is 3.73. The van der Waals surface area contributed by atoms with Crippen LogP contribution >= 0.6 is 0 Å². The molecule has 1 aliphatic carbocycles. The topological polar surface area (TPSA) is 60.2 Å². The number of hydrogen-bond donors (Lipinski definition) is 1. The highest BCUT2D eigenvalue weighted by atomic mass is 32.2. The third kappa shape index (κ3) is 3.53. The summed E-state index contributed by atoms with van der Waals surface area (Å²) in [6.07, 6.45) is 6.91. The van der Waals surface area contributed by atoms with E-state index in [-0.39, 0.29) is 11.7 Å². The maximum absolute atomic E-state index is 10.7. The molecule has 1 rings (SSSR count). The SMILES string of the molecule is NS(=O)(=O)CC1CC=CCC1. The van der Waals surface area contributed by atoms with E-state index in [1.165, 1.54) is 0 Å². The van der Waals surface area contributed by atoms with Crippen molar-refractivity contribution in [2.45, 2.75) is 19.3 Å².